The van der Waals surface area contributed by atoms with Crippen LogP contribution in [0.3, 0.4) is 0 Å². The van der Waals surface area contributed by atoms with Crippen molar-refractivity contribution in [2.75, 3.05) is 11.4 Å². The normalized spacial score (nSPS) is 18.4. The van der Waals surface area contributed by atoms with Crippen LogP contribution in [0.4, 0.5) is 5.69 Å². The number of nitrogens with zero attached hydrogens (tertiary/aromatic N) is 2. The van der Waals surface area contributed by atoms with Crippen molar-refractivity contribution < 1.29 is 4.79 Å². The Morgan fingerprint density at radius 2 is 1.74 bits per heavy atom. The molecule has 4 rings (SSSR count). The van der Waals surface area contributed by atoms with E-state index in [0.717, 1.165) is 36.2 Å². The third kappa shape index (κ3) is 5.02. The van der Waals surface area contributed by atoms with E-state index in [2.05, 4.69) is 48.3 Å². The highest BCUT2D eigenvalue weighted by molar-refractivity contribution is 5.97. The van der Waals surface area contributed by atoms with E-state index >= 15 is 0 Å². The number of benzene rings is 2. The van der Waals surface area contributed by atoms with Crippen LogP contribution in [-0.4, -0.2) is 23.5 Å². The summed E-state index contributed by atoms with van der Waals surface area (Å²) in [5, 5.41) is 0. The Bertz CT molecular complexity index is 997. The molecule has 1 aliphatic rings. The minimum atomic E-state index is -0.0956. The summed E-state index contributed by atoms with van der Waals surface area (Å²) in [5.74, 6) is 0.342. The number of carbonyl (C=O) groups is 1. The molecule has 1 saturated carbocycles. The van der Waals surface area contributed by atoms with E-state index in [1.54, 1.807) is 6.20 Å². The molecule has 4 nitrogen and oxygen atoms in total. The van der Waals surface area contributed by atoms with E-state index in [4.69, 9.17) is 5.73 Å². The van der Waals surface area contributed by atoms with E-state index < -0.39 is 0 Å². The van der Waals surface area contributed by atoms with Crippen LogP contribution in [0.5, 0.6) is 0 Å². The molecular weight excluding hydrogens is 382 g/mol. The Labute approximate surface area is 185 Å². The van der Waals surface area contributed by atoms with E-state index in [1.165, 1.54) is 11.1 Å². The zero-order valence-electron chi connectivity index (χ0n) is 18.4. The van der Waals surface area contributed by atoms with Gasteiger partial charge in [0.2, 0.25) is 5.91 Å². The number of pyridine rings is 1. The summed E-state index contributed by atoms with van der Waals surface area (Å²) in [6, 6.07) is 22.8. The van der Waals surface area contributed by atoms with Crippen molar-refractivity contribution in [1.82, 2.24) is 4.98 Å². The first kappa shape index (κ1) is 21.3. The van der Waals surface area contributed by atoms with Gasteiger partial charge in [0.05, 0.1) is 0 Å². The maximum absolute atomic E-state index is 13.3. The van der Waals surface area contributed by atoms with Gasteiger partial charge in [-0.3, -0.25) is 9.78 Å². The lowest BCUT2D eigenvalue weighted by Gasteiger charge is -2.25. The predicted octanol–water partition coefficient (Wildman–Crippen LogP) is 5.19. The first-order chi connectivity index (χ1) is 15.1. The van der Waals surface area contributed by atoms with Gasteiger partial charge in [-0.1, -0.05) is 55.8 Å². The van der Waals surface area contributed by atoms with Crippen molar-refractivity contribution in [2.24, 2.45) is 11.7 Å². The number of hydrogen-bond acceptors (Lipinski definition) is 3. The fourth-order valence-corrected chi connectivity index (χ4v) is 4.19. The Hall–Kier alpha value is -2.98. The average Bonchev–Trinajstić information content (AvgIpc) is 3.60. The summed E-state index contributed by atoms with van der Waals surface area (Å²) in [4.78, 5) is 19.6. The van der Waals surface area contributed by atoms with Crippen molar-refractivity contribution >= 4 is 11.6 Å². The van der Waals surface area contributed by atoms with Gasteiger partial charge in [-0.25, -0.2) is 0 Å². The topological polar surface area (TPSA) is 59.2 Å². The van der Waals surface area contributed by atoms with Gasteiger partial charge >= 0.3 is 0 Å². The van der Waals surface area contributed by atoms with Crippen LogP contribution in [-0.2, 0) is 11.2 Å². The third-order valence-electron chi connectivity index (χ3n) is 5.92. The smallest absolute Gasteiger partial charge is 0.230 e. The molecule has 0 saturated heterocycles. The minimum absolute atomic E-state index is 0.0144. The molecule has 4 heteroatoms. The Balaban J connectivity index is 1.51. The van der Waals surface area contributed by atoms with Crippen molar-refractivity contribution in [3.05, 3.63) is 84.2 Å². The first-order valence-corrected chi connectivity index (χ1v) is 11.2. The molecule has 0 aliphatic heterocycles. The molecule has 1 aliphatic carbocycles. The fourth-order valence-electron chi connectivity index (χ4n) is 4.19. The third-order valence-corrected chi connectivity index (χ3v) is 5.92. The van der Waals surface area contributed by atoms with Gasteiger partial charge in [0, 0.05) is 42.0 Å². The summed E-state index contributed by atoms with van der Waals surface area (Å²) < 4.78 is 0. The van der Waals surface area contributed by atoms with Gasteiger partial charge in [0.15, 0.2) is 0 Å². The second-order valence-corrected chi connectivity index (χ2v) is 8.62. The lowest BCUT2D eigenvalue weighted by Crippen LogP contribution is -2.41. The van der Waals surface area contributed by atoms with Gasteiger partial charge in [0.1, 0.15) is 0 Å². The molecule has 31 heavy (non-hydrogen) atoms. The number of nitrogens with two attached hydrogens (primary N) is 1. The molecule has 0 bridgehead atoms. The van der Waals surface area contributed by atoms with Gasteiger partial charge in [-0.05, 0) is 60.7 Å². The van der Waals surface area contributed by atoms with Crippen LogP contribution in [0, 0.1) is 5.92 Å². The van der Waals surface area contributed by atoms with Crippen LogP contribution in [0.25, 0.3) is 11.1 Å². The van der Waals surface area contributed by atoms with Gasteiger partial charge < -0.3 is 10.6 Å². The Morgan fingerprint density at radius 3 is 2.32 bits per heavy atom. The first-order valence-electron chi connectivity index (χ1n) is 11.2. The van der Waals surface area contributed by atoms with Crippen LogP contribution >= 0.6 is 0 Å². The molecule has 1 fully saturated rings. The molecule has 1 heterocycles. The van der Waals surface area contributed by atoms with Gasteiger partial charge in [-0.2, -0.15) is 0 Å². The Morgan fingerprint density at radius 1 is 1.06 bits per heavy atom. The van der Waals surface area contributed by atoms with Crippen molar-refractivity contribution in [3.8, 4) is 11.1 Å². The molecule has 160 valence electrons. The molecule has 0 unspecified atom stereocenters. The number of aromatic nitrogens is 1. The zero-order chi connectivity index (χ0) is 21.8. The van der Waals surface area contributed by atoms with Crippen LogP contribution < -0.4 is 10.6 Å². The molecule has 2 N–H and O–H groups in total. The monoisotopic (exact) mass is 413 g/mol. The van der Waals surface area contributed by atoms with Gasteiger partial charge in [0.25, 0.3) is 0 Å². The number of aryl methyl sites for hydroxylation is 1. The zero-order valence-corrected chi connectivity index (χ0v) is 18.4. The average molecular weight is 414 g/mol. The van der Waals surface area contributed by atoms with Crippen molar-refractivity contribution in [3.63, 3.8) is 0 Å². The maximum Gasteiger partial charge on any atom is 0.230 e. The molecule has 1 aromatic heterocycles. The molecule has 0 spiro atoms. The molecule has 3 atom stereocenters. The van der Waals surface area contributed by atoms with Crippen LogP contribution in [0.15, 0.2) is 72.9 Å². The highest BCUT2D eigenvalue weighted by atomic mass is 16.2. The molecular formula is C27H31N3O. The Kier molecular flexibility index (Phi) is 6.47. The van der Waals surface area contributed by atoms with E-state index in [-0.39, 0.29) is 23.8 Å². The highest BCUT2D eigenvalue weighted by Crippen LogP contribution is 2.48. The van der Waals surface area contributed by atoms with Crippen molar-refractivity contribution in [1.29, 1.82) is 0 Å². The summed E-state index contributed by atoms with van der Waals surface area (Å²) in [7, 11) is 0. The lowest BCUT2D eigenvalue weighted by molar-refractivity contribution is -0.119. The fraction of sp³-hybridized carbons (Fsp3) is 0.333. The van der Waals surface area contributed by atoms with Gasteiger partial charge in [-0.15, -0.1) is 0 Å². The molecule has 3 aromatic rings. The molecule has 1 amide bonds. The standard InChI is InChI=1S/C27H31N3O/c1-3-6-20-8-10-21(11-9-20)22-12-14-23(15-13-22)30(18-19(2)28)27(31)25-17-24(25)26-7-4-5-16-29-26/h4-5,7-16,19,24-25H,3,6,17-18,28H2,1-2H3/t19-,24+,25+/m0/s1. The summed E-state index contributed by atoms with van der Waals surface area (Å²) in [6.07, 6.45) is 4.91. The van der Waals surface area contributed by atoms with Crippen molar-refractivity contribution in [2.45, 2.75) is 45.1 Å². The van der Waals surface area contributed by atoms with E-state index in [0.29, 0.717) is 6.54 Å². The largest absolute Gasteiger partial charge is 0.326 e. The lowest BCUT2D eigenvalue weighted by atomic mass is 10.0. The quantitative estimate of drug-likeness (QED) is 0.553. The van der Waals surface area contributed by atoms with Crippen LogP contribution in [0.2, 0.25) is 0 Å². The van der Waals surface area contributed by atoms with E-state index in [9.17, 15) is 4.79 Å². The molecule has 0 radical (unpaired) electrons. The number of rotatable bonds is 8. The minimum Gasteiger partial charge on any atom is -0.326 e. The molecule has 2 aromatic carbocycles. The second-order valence-electron chi connectivity index (χ2n) is 8.62. The summed E-state index contributed by atoms with van der Waals surface area (Å²) in [6.45, 7) is 4.65. The number of amides is 1. The van der Waals surface area contributed by atoms with Crippen LogP contribution in [0.1, 0.15) is 43.9 Å². The summed E-state index contributed by atoms with van der Waals surface area (Å²) >= 11 is 0. The highest BCUT2D eigenvalue weighted by Gasteiger charge is 2.46. The SMILES string of the molecule is CCCc1ccc(-c2ccc(N(C[C@H](C)N)C(=O)[C@@H]3C[C@H]3c3ccccn3)cc2)cc1. The number of hydrogen-bond donors (Lipinski definition) is 1. The van der Waals surface area contributed by atoms with E-state index in [1.807, 2.05) is 42.2 Å². The number of anilines is 1. The summed E-state index contributed by atoms with van der Waals surface area (Å²) in [5.41, 5.74) is 11.7. The predicted molar refractivity (Wildman–Crippen MR) is 127 cm³/mol. The number of carbonyl (C=O) groups excluding carboxylic acids is 1. The maximum atomic E-state index is 13.3. The second kappa shape index (κ2) is 9.44.